The molecular weight excluding hydrogens is 364 g/mol. The Morgan fingerprint density at radius 3 is 1.96 bits per heavy atom. The van der Waals surface area contributed by atoms with Crippen LogP contribution >= 0.6 is 0 Å². The predicted molar refractivity (Wildman–Crippen MR) is 105 cm³/mol. The molecule has 0 saturated carbocycles. The van der Waals surface area contributed by atoms with E-state index in [0.29, 0.717) is 17.5 Å². The van der Waals surface area contributed by atoms with E-state index in [2.05, 4.69) is 0 Å². The zero-order chi connectivity index (χ0) is 19.6. The van der Waals surface area contributed by atoms with Crippen molar-refractivity contribution >= 4 is 27.3 Å². The summed E-state index contributed by atoms with van der Waals surface area (Å²) in [4.78, 5) is 28.3. The standard InChI is InChI=1S/C20H22N2O4S/c1-21(17-6-4-3-5-7-17)19(23)15-8-10-16(11-9-15)20(24)22(2)18-12-13-27(25,26)14-18/h3-11,18H,12-14H2,1-2H3. The first-order chi connectivity index (χ1) is 12.8. The first kappa shape index (κ1) is 19.1. The zero-order valence-corrected chi connectivity index (χ0v) is 16.1. The third kappa shape index (κ3) is 4.19. The maximum atomic E-state index is 12.6. The minimum Gasteiger partial charge on any atom is -0.338 e. The van der Waals surface area contributed by atoms with Gasteiger partial charge in [-0.1, -0.05) is 18.2 Å². The molecule has 0 aromatic heterocycles. The summed E-state index contributed by atoms with van der Waals surface area (Å²) in [7, 11) is 0.266. The van der Waals surface area contributed by atoms with Crippen molar-refractivity contribution < 1.29 is 18.0 Å². The van der Waals surface area contributed by atoms with Gasteiger partial charge in [0.2, 0.25) is 0 Å². The van der Waals surface area contributed by atoms with E-state index in [1.165, 1.54) is 4.90 Å². The normalized spacial score (nSPS) is 18.1. The van der Waals surface area contributed by atoms with Gasteiger partial charge in [-0.25, -0.2) is 8.42 Å². The van der Waals surface area contributed by atoms with Gasteiger partial charge in [0.15, 0.2) is 9.84 Å². The second kappa shape index (κ2) is 7.52. The number of hydrogen-bond acceptors (Lipinski definition) is 4. The number of benzene rings is 2. The highest BCUT2D eigenvalue weighted by Crippen LogP contribution is 2.20. The number of sulfone groups is 1. The average molecular weight is 386 g/mol. The van der Waals surface area contributed by atoms with Gasteiger partial charge in [-0.05, 0) is 42.8 Å². The molecule has 142 valence electrons. The first-order valence-corrected chi connectivity index (χ1v) is 10.5. The summed E-state index contributed by atoms with van der Waals surface area (Å²) in [6.07, 6.45) is 0.461. The summed E-state index contributed by atoms with van der Waals surface area (Å²) in [6.45, 7) is 0. The fraction of sp³-hybridized carbons (Fsp3) is 0.300. The SMILES string of the molecule is CN(C(=O)c1ccc(C(=O)N(C)C2CCS(=O)(=O)C2)cc1)c1ccccc1. The van der Waals surface area contributed by atoms with E-state index in [1.54, 1.807) is 43.3 Å². The molecule has 6 nitrogen and oxygen atoms in total. The van der Waals surface area contributed by atoms with Crippen molar-refractivity contribution in [2.45, 2.75) is 12.5 Å². The minimum atomic E-state index is -3.05. The maximum Gasteiger partial charge on any atom is 0.258 e. The lowest BCUT2D eigenvalue weighted by molar-refractivity contribution is 0.0747. The van der Waals surface area contributed by atoms with Gasteiger partial charge in [0, 0.05) is 37.0 Å². The van der Waals surface area contributed by atoms with Crippen LogP contribution in [0.1, 0.15) is 27.1 Å². The molecule has 1 saturated heterocycles. The molecule has 1 aliphatic heterocycles. The van der Waals surface area contributed by atoms with Gasteiger partial charge in [-0.15, -0.1) is 0 Å². The van der Waals surface area contributed by atoms with Crippen LogP contribution in [-0.4, -0.2) is 56.8 Å². The number of amides is 2. The van der Waals surface area contributed by atoms with Gasteiger partial charge < -0.3 is 9.80 Å². The van der Waals surface area contributed by atoms with E-state index >= 15 is 0 Å². The summed E-state index contributed by atoms with van der Waals surface area (Å²) in [5.74, 6) is -0.287. The third-order valence-corrected chi connectivity index (χ3v) is 6.65. The molecule has 0 spiro atoms. The van der Waals surface area contributed by atoms with Crippen molar-refractivity contribution in [1.29, 1.82) is 0 Å². The molecule has 0 radical (unpaired) electrons. The van der Waals surface area contributed by atoms with Crippen molar-refractivity contribution in [3.63, 3.8) is 0 Å². The number of nitrogens with zero attached hydrogens (tertiary/aromatic N) is 2. The highest BCUT2D eigenvalue weighted by molar-refractivity contribution is 7.91. The van der Waals surface area contributed by atoms with Gasteiger partial charge in [-0.2, -0.15) is 0 Å². The molecule has 1 aliphatic rings. The van der Waals surface area contributed by atoms with Crippen molar-refractivity contribution in [3.8, 4) is 0 Å². The van der Waals surface area contributed by atoms with E-state index in [1.807, 2.05) is 30.3 Å². The van der Waals surface area contributed by atoms with Crippen molar-refractivity contribution in [2.24, 2.45) is 0 Å². The van der Waals surface area contributed by atoms with Crippen LogP contribution in [0, 0.1) is 0 Å². The third-order valence-electron chi connectivity index (χ3n) is 4.90. The van der Waals surface area contributed by atoms with Crippen LogP contribution in [0.4, 0.5) is 5.69 Å². The molecular formula is C20H22N2O4S. The number of rotatable bonds is 4. The molecule has 3 rings (SSSR count). The topological polar surface area (TPSA) is 74.8 Å². The summed E-state index contributed by atoms with van der Waals surface area (Å²) in [5, 5.41) is 0. The summed E-state index contributed by atoms with van der Waals surface area (Å²) >= 11 is 0. The largest absolute Gasteiger partial charge is 0.338 e. The lowest BCUT2D eigenvalue weighted by Crippen LogP contribution is -2.37. The van der Waals surface area contributed by atoms with Crippen LogP contribution in [0.5, 0.6) is 0 Å². The van der Waals surface area contributed by atoms with Gasteiger partial charge in [0.05, 0.1) is 11.5 Å². The number of carbonyl (C=O) groups excluding carboxylic acids is 2. The molecule has 1 unspecified atom stereocenters. The highest BCUT2D eigenvalue weighted by atomic mass is 32.2. The van der Waals surface area contributed by atoms with Gasteiger partial charge in [0.1, 0.15) is 0 Å². The second-order valence-corrected chi connectivity index (χ2v) is 8.98. The van der Waals surface area contributed by atoms with Crippen LogP contribution in [0.15, 0.2) is 54.6 Å². The molecule has 1 fully saturated rings. The van der Waals surface area contributed by atoms with Crippen LogP contribution in [0.2, 0.25) is 0 Å². The lowest BCUT2D eigenvalue weighted by Gasteiger charge is -2.23. The van der Waals surface area contributed by atoms with Gasteiger partial charge >= 0.3 is 0 Å². The summed E-state index contributed by atoms with van der Waals surface area (Å²) in [5.41, 5.74) is 1.69. The van der Waals surface area contributed by atoms with E-state index in [9.17, 15) is 18.0 Å². The molecule has 0 bridgehead atoms. The molecule has 2 aromatic carbocycles. The Morgan fingerprint density at radius 1 is 0.889 bits per heavy atom. The number of hydrogen-bond donors (Lipinski definition) is 0. The molecule has 2 aromatic rings. The molecule has 0 aliphatic carbocycles. The average Bonchev–Trinajstić information content (AvgIpc) is 3.06. The summed E-state index contributed by atoms with van der Waals surface area (Å²) in [6, 6.07) is 15.5. The fourth-order valence-electron chi connectivity index (χ4n) is 3.17. The fourth-order valence-corrected chi connectivity index (χ4v) is 4.94. The van der Waals surface area contributed by atoms with Crippen molar-refractivity contribution in [1.82, 2.24) is 4.90 Å². The predicted octanol–water partition coefficient (Wildman–Crippen LogP) is 2.22. The van der Waals surface area contributed by atoms with Crippen LogP contribution in [-0.2, 0) is 9.84 Å². The van der Waals surface area contributed by atoms with E-state index in [0.717, 1.165) is 5.69 Å². The Morgan fingerprint density at radius 2 is 1.44 bits per heavy atom. The van der Waals surface area contributed by atoms with Crippen molar-refractivity contribution in [2.75, 3.05) is 30.5 Å². The van der Waals surface area contributed by atoms with Crippen LogP contribution in [0.3, 0.4) is 0 Å². The van der Waals surface area contributed by atoms with Crippen molar-refractivity contribution in [3.05, 3.63) is 65.7 Å². The first-order valence-electron chi connectivity index (χ1n) is 8.69. The van der Waals surface area contributed by atoms with E-state index < -0.39 is 9.84 Å². The maximum absolute atomic E-state index is 12.6. The van der Waals surface area contributed by atoms with E-state index in [-0.39, 0.29) is 29.4 Å². The summed E-state index contributed by atoms with van der Waals surface area (Å²) < 4.78 is 23.2. The molecule has 1 heterocycles. The monoisotopic (exact) mass is 386 g/mol. The molecule has 7 heteroatoms. The number of para-hydroxylation sites is 1. The molecule has 2 amide bonds. The Balaban J connectivity index is 1.71. The Hall–Kier alpha value is -2.67. The quantitative estimate of drug-likeness (QED) is 0.808. The Kier molecular flexibility index (Phi) is 5.32. The van der Waals surface area contributed by atoms with E-state index in [4.69, 9.17) is 0 Å². The minimum absolute atomic E-state index is 0.00762. The zero-order valence-electron chi connectivity index (χ0n) is 15.3. The Labute approximate surface area is 159 Å². The van der Waals surface area contributed by atoms with Crippen LogP contribution in [0.25, 0.3) is 0 Å². The van der Waals surface area contributed by atoms with Gasteiger partial charge in [0.25, 0.3) is 11.8 Å². The van der Waals surface area contributed by atoms with Gasteiger partial charge in [-0.3, -0.25) is 9.59 Å². The second-order valence-electron chi connectivity index (χ2n) is 6.75. The Bertz CT molecular complexity index is 940. The van der Waals surface area contributed by atoms with Crippen LogP contribution < -0.4 is 4.90 Å². The molecule has 1 atom stereocenters. The molecule has 27 heavy (non-hydrogen) atoms. The highest BCUT2D eigenvalue weighted by Gasteiger charge is 2.33. The number of carbonyl (C=O) groups is 2. The number of anilines is 1. The lowest BCUT2D eigenvalue weighted by atomic mass is 10.1. The smallest absolute Gasteiger partial charge is 0.258 e. The molecule has 0 N–H and O–H groups in total.